The molecule has 0 fully saturated rings. The van der Waals surface area contributed by atoms with Crippen LogP contribution in [-0.4, -0.2) is 34.9 Å². The average molecular weight is 1740 g/mol. The van der Waals surface area contributed by atoms with Gasteiger partial charge in [-0.25, -0.2) is 9.98 Å². The Morgan fingerprint density at radius 3 is 0.868 bits per heavy atom. The van der Waals surface area contributed by atoms with Crippen molar-refractivity contribution < 1.29 is 58.1 Å². The van der Waals surface area contributed by atoms with Gasteiger partial charge in [0, 0.05) is 67.3 Å². The van der Waals surface area contributed by atoms with Crippen molar-refractivity contribution in [3.05, 3.63) is 404 Å². The molecule has 2 aromatic heterocycles. The van der Waals surface area contributed by atoms with Crippen molar-refractivity contribution in [3.8, 4) is 67.8 Å². The van der Waals surface area contributed by atoms with Gasteiger partial charge in [-0.3, -0.25) is 0 Å². The molecule has 0 unspecified atom stereocenters. The molecular weight excluding hydrogens is 1630 g/mol. The first kappa shape index (κ1) is 90.5. The Morgan fingerprint density at radius 2 is 0.543 bits per heavy atom. The van der Waals surface area contributed by atoms with Crippen molar-refractivity contribution >= 4 is 48.5 Å². The minimum atomic E-state index is -5.13. The number of nitrogens with zero attached hydrogens (tertiary/aromatic N) is 4. The van der Waals surface area contributed by atoms with Gasteiger partial charge in [0.15, 0.2) is 0 Å². The Balaban J connectivity index is 0.000000199. The number of aryl methyl sites for hydroxylation is 3. The molecule has 0 spiro atoms. The molecule has 2 aliphatic heterocycles. The van der Waals surface area contributed by atoms with Crippen molar-refractivity contribution in [1.29, 1.82) is 0 Å². The zero-order valence-corrected chi connectivity index (χ0v) is 75.3. The van der Waals surface area contributed by atoms with Crippen LogP contribution in [-0.2, 0) is 40.2 Å². The summed E-state index contributed by atoms with van der Waals surface area (Å²) in [5.41, 5.74) is 20.7. The number of alkyl halides is 9. The van der Waals surface area contributed by atoms with Crippen LogP contribution in [0.1, 0.15) is 197 Å². The normalized spacial score (nSPS) is 13.8. The predicted octanol–water partition coefficient (Wildman–Crippen LogP) is 30.3. The molecule has 0 saturated heterocycles. The summed E-state index contributed by atoms with van der Waals surface area (Å²) >= 11 is 0. The van der Waals surface area contributed by atoms with Crippen molar-refractivity contribution in [2.75, 3.05) is 0 Å². The fourth-order valence-corrected chi connectivity index (χ4v) is 16.5. The zero-order chi connectivity index (χ0) is 92.2. The highest BCUT2D eigenvalue weighted by Crippen LogP contribution is 2.49. The Morgan fingerprint density at radius 1 is 0.256 bits per heavy atom. The fraction of sp³-hybridized carbons (Fsp3) is 0.218. The lowest BCUT2D eigenvalue weighted by Crippen LogP contribution is -2.40. The lowest BCUT2D eigenvalue weighted by Gasteiger charge is -2.24. The summed E-state index contributed by atoms with van der Waals surface area (Å²) in [6.07, 6.45) is -14.8. The van der Waals surface area contributed by atoms with Crippen LogP contribution in [0.2, 0.25) is 0 Å². The van der Waals surface area contributed by atoms with E-state index in [1.54, 1.807) is 16.6 Å². The van der Waals surface area contributed by atoms with E-state index in [1.165, 1.54) is 23.3 Å². The molecule has 4 heterocycles. The molecule has 19 heteroatoms. The minimum absolute atomic E-state index is 0.0657. The largest absolute Gasteiger partial charge is 0.743 e. The third-order valence-corrected chi connectivity index (χ3v) is 23.5. The maximum absolute atomic E-state index is 14.5. The van der Waals surface area contributed by atoms with E-state index in [9.17, 15) is 39.5 Å². The number of allylic oxidation sites excluding steroid dienone is 2. The van der Waals surface area contributed by atoms with Crippen LogP contribution in [0.15, 0.2) is 313 Å². The number of rotatable bonds is 18. The molecule has 12 aromatic carbocycles. The summed E-state index contributed by atoms with van der Waals surface area (Å²) in [7, 11) is -2.89. The SMILES string of the molecule is C/C(=C1/N=C(c2ccccc2)c2ccccc21)c1c(-c2ccc(C(C)(C)C)cc2)cc(-c2ccc(C(C)(C)C)cc2)n1B(Oc1cc(C)cc(C)c1)Oc1cc(C(F)(F)F)cc(C(F)(F)F)c1.C/C(=C1/N=C(c2ccccc2)c2ccccc21)c1c(-c2ccc(C(C)(C)C)cc2)cc(-c2ccc(C(C)(C)C)cc2)n1B(Oc1ccc(C)cc1)Oc1ccc(C(F)(F)F)cc1. The van der Waals surface area contributed by atoms with Crippen LogP contribution >= 0.6 is 0 Å². The molecule has 129 heavy (non-hydrogen) atoms. The summed E-state index contributed by atoms with van der Waals surface area (Å²) in [5, 5.41) is 0. The Labute approximate surface area is 750 Å². The second kappa shape index (κ2) is 35.4. The van der Waals surface area contributed by atoms with Crippen molar-refractivity contribution in [1.82, 2.24) is 8.96 Å². The van der Waals surface area contributed by atoms with E-state index >= 15 is 0 Å². The average Bonchev–Trinajstić information content (AvgIpc) is 1.59. The van der Waals surface area contributed by atoms with Gasteiger partial charge < -0.3 is 27.6 Å². The maximum Gasteiger partial charge on any atom is 0.743 e. The summed E-state index contributed by atoms with van der Waals surface area (Å²) in [4.78, 5) is 10.7. The minimum Gasteiger partial charge on any atom is -0.507 e. The highest BCUT2D eigenvalue weighted by molar-refractivity contribution is 6.47. The molecule has 0 bridgehead atoms. The van der Waals surface area contributed by atoms with Gasteiger partial charge in [0.2, 0.25) is 0 Å². The van der Waals surface area contributed by atoms with Crippen molar-refractivity contribution in [2.45, 2.75) is 158 Å². The van der Waals surface area contributed by atoms with E-state index in [-0.39, 0.29) is 39.2 Å². The van der Waals surface area contributed by atoms with Crippen LogP contribution in [0.4, 0.5) is 39.5 Å². The number of aliphatic imine (C=N–C) groups is 2. The molecule has 8 nitrogen and oxygen atoms in total. The molecule has 14 aromatic rings. The van der Waals surface area contributed by atoms with Gasteiger partial charge in [0.25, 0.3) is 0 Å². The lowest BCUT2D eigenvalue weighted by molar-refractivity contribution is -0.143. The summed E-state index contributed by atoms with van der Waals surface area (Å²) in [6, 6.07) is 92.7. The van der Waals surface area contributed by atoms with E-state index in [1.807, 2.05) is 190 Å². The van der Waals surface area contributed by atoms with Gasteiger partial charge in [0.05, 0.1) is 39.5 Å². The second-order valence-electron chi connectivity index (χ2n) is 37.3. The highest BCUT2D eigenvalue weighted by Gasteiger charge is 2.43. The molecule has 0 N–H and O–H groups in total. The van der Waals surface area contributed by atoms with Gasteiger partial charge in [-0.1, -0.05) is 313 Å². The van der Waals surface area contributed by atoms with Gasteiger partial charge in [-0.15, -0.1) is 0 Å². The maximum atomic E-state index is 14.5. The number of fused-ring (bicyclic) bond motifs is 2. The molecule has 0 aliphatic carbocycles. The Hall–Kier alpha value is -13.3. The first-order valence-corrected chi connectivity index (χ1v) is 43.0. The van der Waals surface area contributed by atoms with Gasteiger partial charge in [-0.05, 0) is 202 Å². The monoisotopic (exact) mass is 1730 g/mol. The number of aromatic nitrogens is 2. The highest BCUT2D eigenvalue weighted by atomic mass is 19.4. The summed E-state index contributed by atoms with van der Waals surface area (Å²) in [6.45, 7) is 35.6. The Bertz CT molecular complexity index is 6540. The predicted molar refractivity (Wildman–Crippen MR) is 507 cm³/mol. The molecule has 2 aliphatic rings. The van der Waals surface area contributed by atoms with Gasteiger partial charge in [0.1, 0.15) is 23.0 Å². The van der Waals surface area contributed by atoms with Crippen LogP contribution in [0, 0.1) is 20.8 Å². The fourth-order valence-electron chi connectivity index (χ4n) is 16.5. The summed E-state index contributed by atoms with van der Waals surface area (Å²) < 4.78 is 159. The second-order valence-corrected chi connectivity index (χ2v) is 37.3. The van der Waals surface area contributed by atoms with Gasteiger partial charge in [-0.2, -0.15) is 39.5 Å². The molecule has 654 valence electrons. The van der Waals surface area contributed by atoms with Crippen LogP contribution in [0.3, 0.4) is 0 Å². The molecule has 16 rings (SSSR count). The number of halogens is 9. The van der Waals surface area contributed by atoms with Crippen molar-refractivity contribution in [2.24, 2.45) is 9.98 Å². The lowest BCUT2D eigenvalue weighted by atomic mass is 9.86. The first-order valence-electron chi connectivity index (χ1n) is 43.0. The van der Waals surface area contributed by atoms with Crippen LogP contribution in [0.25, 0.3) is 67.3 Å². The quantitative estimate of drug-likeness (QED) is 0.0634. The number of hydrogen-bond acceptors (Lipinski definition) is 6. The molecule has 0 radical (unpaired) electrons. The van der Waals surface area contributed by atoms with E-state index in [0.29, 0.717) is 51.7 Å². The summed E-state index contributed by atoms with van der Waals surface area (Å²) in [5.74, 6) is 0.331. The Kier molecular flexibility index (Phi) is 24.8. The van der Waals surface area contributed by atoms with E-state index < -0.39 is 55.5 Å². The molecule has 0 atom stereocenters. The number of hydrogen-bond donors (Lipinski definition) is 0. The third-order valence-electron chi connectivity index (χ3n) is 23.5. The smallest absolute Gasteiger partial charge is 0.507 e. The van der Waals surface area contributed by atoms with Crippen molar-refractivity contribution in [3.63, 3.8) is 0 Å². The topological polar surface area (TPSA) is 71.5 Å². The standard InChI is InChI=1S/C56H51BF6N2O2.C54H50BF3N2O2/c1-34-27-35(2)29-44(28-34)66-57(67-45-31-42(55(58,59)60)30-43(32-45)56(61,62)63)65-49(38-21-25-41(26-22-38)54(7,8)9)33-48(37-19-23-40(24-20-37)53(4,5)6)52(65)36(3)50-46-17-13-14-18-47(46)51(64-50)39-15-11-10-12-16-39;1-35-18-30-43(31-19-35)61-55(62-44-32-28-42(29-33-44)54(56,57)58)60-48(38-22-26-41(27-23-38)53(6,7)8)34-47(37-20-24-40(25-21-37)52(3,4)5)51(60)36(2)49-45-16-12-13-17-46(45)50(59-49)39-14-10-9-11-15-39/h10-33H,1-9H3;9-34H,1-8H3/b50-36-;49-36-. The first-order chi connectivity index (χ1) is 60.9. The molecule has 0 amide bonds. The van der Waals surface area contributed by atoms with E-state index in [0.717, 1.165) is 130 Å². The number of benzene rings is 12. The van der Waals surface area contributed by atoms with Gasteiger partial charge >= 0.3 is 33.0 Å². The van der Waals surface area contributed by atoms with Crippen LogP contribution < -0.4 is 18.6 Å². The van der Waals surface area contributed by atoms with E-state index in [4.69, 9.17) is 28.6 Å². The van der Waals surface area contributed by atoms with E-state index in [2.05, 4.69) is 181 Å². The van der Waals surface area contributed by atoms with Crippen LogP contribution in [0.5, 0.6) is 23.0 Å². The third kappa shape index (κ3) is 19.9. The molecular formula is C110H101B2F9N4O4. The zero-order valence-electron chi connectivity index (χ0n) is 75.3. The molecule has 0 saturated carbocycles.